The lowest BCUT2D eigenvalue weighted by atomic mass is 10.0. The van der Waals surface area contributed by atoms with Gasteiger partial charge in [-0.25, -0.2) is 16.8 Å². The molecule has 9 heteroatoms. The van der Waals surface area contributed by atoms with Crippen LogP contribution in [-0.4, -0.2) is 35.3 Å². The molecule has 1 atom stereocenters. The molecule has 0 aliphatic carbocycles. The number of sulfone groups is 1. The molecule has 0 fully saturated rings. The van der Waals surface area contributed by atoms with E-state index in [9.17, 15) is 21.6 Å². The average molecular weight is 411 g/mol. The Bertz CT molecular complexity index is 1030. The minimum atomic E-state index is -3.53. The van der Waals surface area contributed by atoms with Gasteiger partial charge in [0.2, 0.25) is 10.0 Å². The molecule has 2 rings (SSSR count). The number of hydrogen-bond donors (Lipinski definition) is 2. The van der Waals surface area contributed by atoms with E-state index in [-0.39, 0.29) is 22.2 Å². The number of carbonyl (C=O) groups is 1. The number of benzene rings is 2. The summed E-state index contributed by atoms with van der Waals surface area (Å²) in [5.74, 6) is -0.430. The van der Waals surface area contributed by atoms with Crippen LogP contribution in [0.4, 0.5) is 5.69 Å². The zero-order chi connectivity index (χ0) is 20.2. The molecule has 0 saturated carbocycles. The highest BCUT2D eigenvalue weighted by Crippen LogP contribution is 2.22. The van der Waals surface area contributed by atoms with E-state index >= 15 is 0 Å². The molecular formula is C18H22N2O5S2. The summed E-state index contributed by atoms with van der Waals surface area (Å²) in [6, 6.07) is 12.3. The maximum atomic E-state index is 12.7. The first-order valence-corrected chi connectivity index (χ1v) is 12.0. The van der Waals surface area contributed by atoms with Gasteiger partial charge in [-0.3, -0.25) is 9.52 Å². The van der Waals surface area contributed by atoms with Crippen LogP contribution in [0.5, 0.6) is 0 Å². The Morgan fingerprint density at radius 1 is 0.963 bits per heavy atom. The van der Waals surface area contributed by atoms with Gasteiger partial charge in [0.15, 0.2) is 9.84 Å². The number of sulfonamides is 1. The first-order chi connectivity index (χ1) is 12.5. The topological polar surface area (TPSA) is 109 Å². The summed E-state index contributed by atoms with van der Waals surface area (Å²) in [5.41, 5.74) is 1.15. The summed E-state index contributed by atoms with van der Waals surface area (Å²) in [6.07, 6.45) is 2.72. The summed E-state index contributed by atoms with van der Waals surface area (Å²) in [5, 5.41) is 2.86. The van der Waals surface area contributed by atoms with E-state index in [1.165, 1.54) is 24.3 Å². The third-order valence-electron chi connectivity index (χ3n) is 3.89. The van der Waals surface area contributed by atoms with E-state index in [1.807, 2.05) is 6.92 Å². The van der Waals surface area contributed by atoms with Crippen molar-refractivity contribution in [3.05, 3.63) is 59.7 Å². The minimum absolute atomic E-state index is 0.194. The molecule has 0 bridgehead atoms. The largest absolute Gasteiger partial charge is 0.345 e. The summed E-state index contributed by atoms with van der Waals surface area (Å²) >= 11 is 0. The second kappa shape index (κ2) is 8.10. The lowest BCUT2D eigenvalue weighted by molar-refractivity contribution is 0.0936. The van der Waals surface area contributed by atoms with Crippen LogP contribution in [0.3, 0.4) is 0 Å². The van der Waals surface area contributed by atoms with Crippen molar-refractivity contribution in [3.8, 4) is 0 Å². The highest BCUT2D eigenvalue weighted by Gasteiger charge is 2.18. The highest BCUT2D eigenvalue weighted by atomic mass is 32.2. The maximum absolute atomic E-state index is 12.7. The molecule has 27 heavy (non-hydrogen) atoms. The van der Waals surface area contributed by atoms with E-state index < -0.39 is 25.8 Å². The molecule has 0 aromatic heterocycles. The first-order valence-electron chi connectivity index (χ1n) is 8.19. The summed E-state index contributed by atoms with van der Waals surface area (Å²) in [7, 11) is -6.82. The Balaban J connectivity index is 2.26. The van der Waals surface area contributed by atoms with E-state index in [0.29, 0.717) is 6.42 Å². The van der Waals surface area contributed by atoms with Crippen molar-refractivity contribution >= 4 is 31.5 Å². The monoisotopic (exact) mass is 410 g/mol. The number of hydrogen-bond acceptors (Lipinski definition) is 5. The fraction of sp³-hybridized carbons (Fsp3) is 0.278. The van der Waals surface area contributed by atoms with Gasteiger partial charge in [0, 0.05) is 6.26 Å². The Kier molecular flexibility index (Phi) is 6.27. The molecule has 146 valence electrons. The van der Waals surface area contributed by atoms with Gasteiger partial charge in [-0.2, -0.15) is 0 Å². The van der Waals surface area contributed by atoms with Crippen molar-refractivity contribution in [2.45, 2.75) is 24.3 Å². The van der Waals surface area contributed by atoms with Crippen molar-refractivity contribution in [2.24, 2.45) is 0 Å². The van der Waals surface area contributed by atoms with Gasteiger partial charge >= 0.3 is 0 Å². The van der Waals surface area contributed by atoms with Crippen molar-refractivity contribution in [3.63, 3.8) is 0 Å². The lowest BCUT2D eigenvalue weighted by Gasteiger charge is -2.19. The molecule has 0 heterocycles. The van der Waals surface area contributed by atoms with E-state index in [1.54, 1.807) is 24.3 Å². The molecule has 2 aromatic carbocycles. The Morgan fingerprint density at radius 3 is 2.07 bits per heavy atom. The number of carbonyl (C=O) groups excluding carboxylic acids is 1. The van der Waals surface area contributed by atoms with Gasteiger partial charge in [0.25, 0.3) is 5.91 Å². The molecule has 0 unspecified atom stereocenters. The fourth-order valence-corrected chi connectivity index (χ4v) is 3.78. The van der Waals surface area contributed by atoms with Gasteiger partial charge < -0.3 is 5.32 Å². The number of rotatable bonds is 7. The highest BCUT2D eigenvalue weighted by molar-refractivity contribution is 7.92. The Hall–Kier alpha value is -2.39. The van der Waals surface area contributed by atoms with Crippen molar-refractivity contribution < 1.29 is 21.6 Å². The number of anilines is 1. The van der Waals surface area contributed by atoms with Gasteiger partial charge in [-0.05, 0) is 36.2 Å². The van der Waals surface area contributed by atoms with Gasteiger partial charge in [-0.15, -0.1) is 0 Å². The average Bonchev–Trinajstić information content (AvgIpc) is 2.58. The van der Waals surface area contributed by atoms with E-state index in [2.05, 4.69) is 10.0 Å². The Labute approximate surface area is 159 Å². The zero-order valence-corrected chi connectivity index (χ0v) is 16.9. The van der Waals surface area contributed by atoms with Crippen LogP contribution in [0.2, 0.25) is 0 Å². The molecule has 0 aliphatic rings. The maximum Gasteiger partial charge on any atom is 0.253 e. The van der Waals surface area contributed by atoms with Crippen LogP contribution >= 0.6 is 0 Å². The smallest absolute Gasteiger partial charge is 0.253 e. The molecule has 0 saturated heterocycles. The fourth-order valence-electron chi connectivity index (χ4n) is 2.57. The quantitative estimate of drug-likeness (QED) is 0.728. The number of para-hydroxylation sites is 1. The molecule has 2 aromatic rings. The van der Waals surface area contributed by atoms with Crippen LogP contribution in [0, 0.1) is 0 Å². The normalized spacial score (nSPS) is 13.0. The second-order valence-corrected chi connectivity index (χ2v) is 9.96. The molecule has 1 amide bonds. The zero-order valence-electron chi connectivity index (χ0n) is 15.3. The molecule has 2 N–H and O–H groups in total. The summed E-state index contributed by atoms with van der Waals surface area (Å²) < 4.78 is 48.5. The molecule has 0 radical (unpaired) electrons. The van der Waals surface area contributed by atoms with Crippen LogP contribution in [0.15, 0.2) is 53.4 Å². The third kappa shape index (κ3) is 5.80. The summed E-state index contributed by atoms with van der Waals surface area (Å²) in [6.45, 7) is 1.88. The lowest BCUT2D eigenvalue weighted by Crippen LogP contribution is -2.29. The van der Waals surface area contributed by atoms with Gasteiger partial charge in [0.1, 0.15) is 0 Å². The molecular weight excluding hydrogens is 388 g/mol. The third-order valence-corrected chi connectivity index (χ3v) is 5.61. The minimum Gasteiger partial charge on any atom is -0.345 e. The molecule has 0 aliphatic heterocycles. The molecule has 0 spiro atoms. The first kappa shape index (κ1) is 20.9. The SMILES string of the molecule is CC[C@@H](NC(=O)c1ccccc1NS(C)(=O)=O)c1ccc(S(C)(=O)=O)cc1. The number of amides is 1. The predicted octanol–water partition coefficient (Wildman–Crippen LogP) is 2.34. The standard InChI is InChI=1S/C18H22N2O5S2/c1-4-16(13-9-11-14(12-10-13)26(2,22)23)19-18(21)15-7-5-6-8-17(15)20-27(3,24)25/h5-12,16,20H,4H2,1-3H3,(H,19,21)/t16-/m1/s1. The molecule has 7 nitrogen and oxygen atoms in total. The van der Waals surface area contributed by atoms with Gasteiger partial charge in [0.05, 0.1) is 28.4 Å². The van der Waals surface area contributed by atoms with E-state index in [0.717, 1.165) is 18.1 Å². The van der Waals surface area contributed by atoms with Crippen LogP contribution in [0.25, 0.3) is 0 Å². The van der Waals surface area contributed by atoms with Gasteiger partial charge in [-0.1, -0.05) is 31.2 Å². The van der Waals surface area contributed by atoms with E-state index in [4.69, 9.17) is 0 Å². The van der Waals surface area contributed by atoms with Crippen molar-refractivity contribution in [2.75, 3.05) is 17.2 Å². The number of nitrogens with one attached hydrogen (secondary N) is 2. The van der Waals surface area contributed by atoms with Crippen LogP contribution in [-0.2, 0) is 19.9 Å². The second-order valence-electron chi connectivity index (χ2n) is 6.20. The van der Waals surface area contributed by atoms with Crippen LogP contribution in [0.1, 0.15) is 35.3 Å². The van der Waals surface area contributed by atoms with Crippen molar-refractivity contribution in [1.82, 2.24) is 5.32 Å². The van der Waals surface area contributed by atoms with Crippen molar-refractivity contribution in [1.29, 1.82) is 0 Å². The summed E-state index contributed by atoms with van der Waals surface area (Å²) in [4.78, 5) is 12.9. The predicted molar refractivity (Wildman–Crippen MR) is 105 cm³/mol. The van der Waals surface area contributed by atoms with Crippen LogP contribution < -0.4 is 10.0 Å². The Morgan fingerprint density at radius 2 is 1.56 bits per heavy atom.